The van der Waals surface area contributed by atoms with Crippen molar-refractivity contribution in [2.45, 2.75) is 81.7 Å². The number of carbonyl (C=O) groups excluding carboxylic acids is 2. The fraction of sp³-hybridized carbons (Fsp3) is 0.636. The molecule has 7 nitrogen and oxygen atoms in total. The summed E-state index contributed by atoms with van der Waals surface area (Å²) in [5.41, 5.74) is 1.51. The first-order valence-corrected chi connectivity index (χ1v) is 12.5. The molecule has 30 heavy (non-hydrogen) atoms. The van der Waals surface area contributed by atoms with Crippen LogP contribution in [-0.4, -0.2) is 43.2 Å². The van der Waals surface area contributed by atoms with Crippen molar-refractivity contribution < 1.29 is 18.0 Å². The number of hydrogen-bond donors (Lipinski definition) is 2. The van der Waals surface area contributed by atoms with Crippen LogP contribution in [0.2, 0.25) is 0 Å². The van der Waals surface area contributed by atoms with E-state index in [1.54, 1.807) is 12.1 Å². The van der Waals surface area contributed by atoms with E-state index in [0.29, 0.717) is 50.3 Å². The van der Waals surface area contributed by atoms with E-state index in [9.17, 15) is 18.0 Å². The number of aryl methyl sites for hydroxylation is 1. The number of fused-ring (bicyclic) bond motifs is 1. The summed E-state index contributed by atoms with van der Waals surface area (Å²) >= 11 is 0. The van der Waals surface area contributed by atoms with Gasteiger partial charge in [-0.2, -0.15) is 4.31 Å². The molecular formula is C22H31N3O4S. The van der Waals surface area contributed by atoms with Crippen molar-refractivity contribution in [2.24, 2.45) is 5.92 Å². The molecule has 1 atom stereocenters. The lowest BCUT2D eigenvalue weighted by Gasteiger charge is -2.30. The Morgan fingerprint density at radius 2 is 1.87 bits per heavy atom. The predicted octanol–water partition coefficient (Wildman–Crippen LogP) is 2.81. The monoisotopic (exact) mass is 433 g/mol. The standard InChI is InChI=1S/C22H31N3O4S/c1-15-7-9-17(10-8-15)23-22(27)20-5-3-13-25(20)30(28,29)18-11-12-19-16(14-18)4-2-6-21(26)24-19/h11-12,14-15,17,20H,2-10,13H2,1H3,(H,23,27)(H,24,26). The van der Waals surface area contributed by atoms with Crippen molar-refractivity contribution >= 4 is 27.5 Å². The van der Waals surface area contributed by atoms with Crippen molar-refractivity contribution in [2.75, 3.05) is 11.9 Å². The lowest BCUT2D eigenvalue weighted by atomic mass is 9.87. The Kier molecular flexibility index (Phi) is 6.16. The summed E-state index contributed by atoms with van der Waals surface area (Å²) in [5.74, 6) is 0.481. The molecule has 2 fully saturated rings. The Bertz CT molecular complexity index is 922. The first-order chi connectivity index (χ1) is 14.3. The minimum Gasteiger partial charge on any atom is -0.352 e. The Balaban J connectivity index is 1.51. The van der Waals surface area contributed by atoms with Gasteiger partial charge in [-0.25, -0.2) is 8.42 Å². The summed E-state index contributed by atoms with van der Waals surface area (Å²) in [6, 6.07) is 4.37. The van der Waals surface area contributed by atoms with Crippen molar-refractivity contribution in [1.82, 2.24) is 9.62 Å². The zero-order valence-corrected chi connectivity index (χ0v) is 18.3. The molecule has 0 spiro atoms. The second-order valence-corrected chi connectivity index (χ2v) is 10.9. The van der Waals surface area contributed by atoms with E-state index < -0.39 is 16.1 Å². The van der Waals surface area contributed by atoms with Gasteiger partial charge in [-0.3, -0.25) is 9.59 Å². The van der Waals surface area contributed by atoms with E-state index in [1.807, 2.05) is 0 Å². The number of nitrogens with one attached hydrogen (secondary N) is 2. The minimum atomic E-state index is -3.78. The number of sulfonamides is 1. The van der Waals surface area contributed by atoms with Crippen LogP contribution in [0.15, 0.2) is 23.1 Å². The van der Waals surface area contributed by atoms with Crippen molar-refractivity contribution in [3.8, 4) is 0 Å². The van der Waals surface area contributed by atoms with Crippen LogP contribution in [0.25, 0.3) is 0 Å². The molecule has 1 unspecified atom stereocenters. The van der Waals surface area contributed by atoms with Crippen molar-refractivity contribution in [1.29, 1.82) is 0 Å². The first kappa shape index (κ1) is 21.3. The lowest BCUT2D eigenvalue weighted by Crippen LogP contribution is -2.49. The van der Waals surface area contributed by atoms with E-state index >= 15 is 0 Å². The molecule has 2 aliphatic heterocycles. The third-order valence-corrected chi connectivity index (χ3v) is 8.58. The number of benzene rings is 1. The minimum absolute atomic E-state index is 0.0438. The fourth-order valence-electron chi connectivity index (χ4n) is 4.84. The molecule has 4 rings (SSSR count). The van der Waals surface area contributed by atoms with Gasteiger partial charge in [-0.15, -0.1) is 0 Å². The number of carbonyl (C=O) groups is 2. The Hall–Kier alpha value is -1.93. The molecular weight excluding hydrogens is 402 g/mol. The number of hydrogen-bond acceptors (Lipinski definition) is 4. The third-order valence-electron chi connectivity index (χ3n) is 6.68. The second kappa shape index (κ2) is 8.67. The van der Waals surface area contributed by atoms with E-state index in [-0.39, 0.29) is 22.8 Å². The average molecular weight is 434 g/mol. The molecule has 1 saturated carbocycles. The van der Waals surface area contributed by atoms with Crippen LogP contribution in [0, 0.1) is 5.92 Å². The van der Waals surface area contributed by atoms with Gasteiger partial charge in [0.15, 0.2) is 0 Å². The zero-order valence-electron chi connectivity index (χ0n) is 17.5. The molecule has 2 N–H and O–H groups in total. The Morgan fingerprint density at radius 1 is 1.10 bits per heavy atom. The van der Waals surface area contributed by atoms with Crippen LogP contribution in [0.5, 0.6) is 0 Å². The predicted molar refractivity (Wildman–Crippen MR) is 114 cm³/mol. The zero-order chi connectivity index (χ0) is 21.3. The molecule has 2 amide bonds. The van der Waals surface area contributed by atoms with Crippen LogP contribution in [0.3, 0.4) is 0 Å². The summed E-state index contributed by atoms with van der Waals surface area (Å²) in [6.07, 6.45) is 7.14. The van der Waals surface area contributed by atoms with E-state index in [1.165, 1.54) is 10.4 Å². The number of rotatable bonds is 4. The maximum Gasteiger partial charge on any atom is 0.243 e. The van der Waals surface area contributed by atoms with Crippen molar-refractivity contribution in [3.63, 3.8) is 0 Å². The third kappa shape index (κ3) is 4.39. The SMILES string of the molecule is CC1CCC(NC(=O)C2CCCN2S(=O)(=O)c2ccc3c(c2)CCCC(=O)N3)CC1. The quantitative estimate of drug-likeness (QED) is 0.763. The van der Waals surface area contributed by atoms with Gasteiger partial charge in [0.2, 0.25) is 21.8 Å². The highest BCUT2D eigenvalue weighted by atomic mass is 32.2. The normalized spacial score (nSPS) is 27.8. The van der Waals surface area contributed by atoms with Gasteiger partial charge in [-0.05, 0) is 81.0 Å². The van der Waals surface area contributed by atoms with Gasteiger partial charge in [0.05, 0.1) is 4.90 Å². The molecule has 8 heteroatoms. The smallest absolute Gasteiger partial charge is 0.243 e. The van der Waals surface area contributed by atoms with Gasteiger partial charge in [-0.1, -0.05) is 6.92 Å². The summed E-state index contributed by atoms with van der Waals surface area (Å²) in [7, 11) is -3.78. The largest absolute Gasteiger partial charge is 0.352 e. The molecule has 1 aromatic carbocycles. The number of nitrogens with zero attached hydrogens (tertiary/aromatic N) is 1. The Morgan fingerprint density at radius 3 is 2.63 bits per heavy atom. The molecule has 1 aromatic rings. The maximum atomic E-state index is 13.4. The van der Waals surface area contributed by atoms with Crippen LogP contribution in [0.1, 0.15) is 63.9 Å². The highest BCUT2D eigenvalue weighted by Gasteiger charge is 2.40. The second-order valence-electron chi connectivity index (χ2n) is 8.96. The molecule has 1 aliphatic carbocycles. The van der Waals surface area contributed by atoms with Crippen LogP contribution in [0.4, 0.5) is 5.69 Å². The fourth-order valence-corrected chi connectivity index (χ4v) is 6.55. The van der Waals surface area contributed by atoms with Crippen LogP contribution in [-0.2, 0) is 26.0 Å². The highest BCUT2D eigenvalue weighted by Crippen LogP contribution is 2.31. The molecule has 1 saturated heterocycles. The maximum absolute atomic E-state index is 13.4. The number of amides is 2. The summed E-state index contributed by atoms with van der Waals surface area (Å²) in [5, 5.41) is 5.94. The highest BCUT2D eigenvalue weighted by molar-refractivity contribution is 7.89. The molecule has 2 heterocycles. The molecule has 164 valence electrons. The van der Waals surface area contributed by atoms with E-state index in [4.69, 9.17) is 0 Å². The lowest BCUT2D eigenvalue weighted by molar-refractivity contribution is -0.125. The summed E-state index contributed by atoms with van der Waals surface area (Å²) in [6.45, 7) is 2.59. The molecule has 0 radical (unpaired) electrons. The van der Waals surface area contributed by atoms with Crippen molar-refractivity contribution in [3.05, 3.63) is 23.8 Å². The molecule has 0 bridgehead atoms. The van der Waals surface area contributed by atoms with E-state index in [2.05, 4.69) is 17.6 Å². The average Bonchev–Trinajstić information content (AvgIpc) is 3.14. The van der Waals surface area contributed by atoms with Gasteiger partial charge < -0.3 is 10.6 Å². The Labute approximate surface area is 178 Å². The summed E-state index contributed by atoms with van der Waals surface area (Å²) in [4.78, 5) is 24.9. The van der Waals surface area contributed by atoms with Gasteiger partial charge in [0.1, 0.15) is 6.04 Å². The first-order valence-electron chi connectivity index (χ1n) is 11.1. The molecule has 3 aliphatic rings. The van der Waals surface area contributed by atoms with Gasteiger partial charge >= 0.3 is 0 Å². The van der Waals surface area contributed by atoms with Crippen LogP contribution < -0.4 is 10.6 Å². The van der Waals surface area contributed by atoms with Gasteiger partial charge in [0, 0.05) is 24.7 Å². The topological polar surface area (TPSA) is 95.6 Å². The summed E-state index contributed by atoms with van der Waals surface area (Å²) < 4.78 is 28.1. The van der Waals surface area contributed by atoms with Gasteiger partial charge in [0.25, 0.3) is 0 Å². The van der Waals surface area contributed by atoms with Crippen LogP contribution >= 0.6 is 0 Å². The van der Waals surface area contributed by atoms with E-state index in [0.717, 1.165) is 31.2 Å². The molecule has 0 aromatic heterocycles. The number of anilines is 1.